The van der Waals surface area contributed by atoms with Crippen molar-refractivity contribution in [3.63, 3.8) is 0 Å². The Morgan fingerprint density at radius 2 is 1.70 bits per heavy atom. The van der Waals surface area contributed by atoms with Gasteiger partial charge in [-0.25, -0.2) is 0 Å². The summed E-state index contributed by atoms with van der Waals surface area (Å²) in [5, 5.41) is -0.287. The molecule has 0 radical (unpaired) electrons. The van der Waals surface area contributed by atoms with Crippen LogP contribution < -0.4 is 4.98 Å². The van der Waals surface area contributed by atoms with Gasteiger partial charge in [-0.05, 0) is 56.9 Å². The molecule has 0 spiro atoms. The van der Waals surface area contributed by atoms with Crippen molar-refractivity contribution in [2.45, 2.75) is 58.9 Å². The quantitative estimate of drug-likeness (QED) is 0.425. The second kappa shape index (κ2) is 7.04. The minimum absolute atomic E-state index is 0.287. The van der Waals surface area contributed by atoms with Crippen molar-refractivity contribution in [1.82, 2.24) is 0 Å². The molecule has 1 N–H and O–H groups in total. The number of unbranched alkanes of at least 4 members (excludes halogenated alkanes) is 1. The summed E-state index contributed by atoms with van der Waals surface area (Å²) < 4.78 is 0. The Hall–Kier alpha value is -0.703. The van der Waals surface area contributed by atoms with Crippen LogP contribution in [0.1, 0.15) is 53.0 Å². The zero-order valence-corrected chi connectivity index (χ0v) is 17.3. The van der Waals surface area contributed by atoms with Crippen molar-refractivity contribution < 1.29 is 0 Å². The minimum Gasteiger partial charge on any atom is -0.386 e. The number of rotatable bonds is 6. The standard InChI is InChI=1S/C19H27Cl2NSi/c1-6-7-8-17-9-11-18(12-10-17)22-23(20,21)19(5)13-14(2)15(3)16(19)4/h9-13,22H,6-8H2,1-5H3. The lowest BCUT2D eigenvalue weighted by atomic mass is 10.0. The molecular formula is C19H27Cl2NSi. The van der Waals surface area contributed by atoms with Gasteiger partial charge in [0, 0.05) is 10.7 Å². The summed E-state index contributed by atoms with van der Waals surface area (Å²) in [5.41, 5.74) is 6.23. The first-order valence-electron chi connectivity index (χ1n) is 8.34. The highest BCUT2D eigenvalue weighted by Crippen LogP contribution is 2.56. The molecule has 1 aromatic rings. The molecule has 1 nitrogen and oxygen atoms in total. The maximum Gasteiger partial charge on any atom is 0.364 e. The number of allylic oxidation sites excluding steroid dienone is 4. The average Bonchev–Trinajstić information content (AvgIpc) is 2.71. The highest BCUT2D eigenvalue weighted by atomic mass is 35.7. The number of hydrogen-bond donors (Lipinski definition) is 1. The van der Waals surface area contributed by atoms with E-state index in [0.717, 1.165) is 12.1 Å². The lowest BCUT2D eigenvalue weighted by Crippen LogP contribution is -2.43. The molecule has 1 aliphatic carbocycles. The maximum atomic E-state index is 6.88. The summed E-state index contributed by atoms with van der Waals surface area (Å²) in [5.74, 6) is 0. The topological polar surface area (TPSA) is 12.0 Å². The van der Waals surface area contributed by atoms with Crippen LogP contribution in [-0.2, 0) is 6.42 Å². The lowest BCUT2D eigenvalue weighted by molar-refractivity contribution is 0.795. The van der Waals surface area contributed by atoms with Crippen molar-refractivity contribution in [1.29, 1.82) is 0 Å². The second-order valence-electron chi connectivity index (χ2n) is 6.78. The van der Waals surface area contributed by atoms with E-state index in [4.69, 9.17) is 22.2 Å². The number of halogens is 2. The Kier molecular flexibility index (Phi) is 5.70. The monoisotopic (exact) mass is 367 g/mol. The van der Waals surface area contributed by atoms with Gasteiger partial charge in [0.1, 0.15) is 0 Å². The zero-order valence-electron chi connectivity index (χ0n) is 14.8. The van der Waals surface area contributed by atoms with Gasteiger partial charge in [0.05, 0.1) is 0 Å². The van der Waals surface area contributed by atoms with Crippen LogP contribution >= 0.6 is 22.2 Å². The Morgan fingerprint density at radius 3 is 2.17 bits per heavy atom. The van der Waals surface area contributed by atoms with Crippen molar-refractivity contribution >= 4 is 34.7 Å². The predicted molar refractivity (Wildman–Crippen MR) is 107 cm³/mol. The fourth-order valence-corrected chi connectivity index (χ4v) is 6.79. The van der Waals surface area contributed by atoms with Gasteiger partial charge in [-0.1, -0.05) is 49.6 Å². The average molecular weight is 368 g/mol. The molecule has 0 amide bonds. The van der Waals surface area contributed by atoms with E-state index in [2.05, 4.69) is 69.9 Å². The summed E-state index contributed by atoms with van der Waals surface area (Å²) in [7, 11) is 0. The Bertz CT molecular complexity index is 631. The number of nitrogens with one attached hydrogen (secondary N) is 1. The van der Waals surface area contributed by atoms with Crippen molar-refractivity contribution in [2.24, 2.45) is 0 Å². The van der Waals surface area contributed by atoms with E-state index >= 15 is 0 Å². The highest BCUT2D eigenvalue weighted by molar-refractivity contribution is 7.48. The Labute approximate surface area is 151 Å². The van der Waals surface area contributed by atoms with E-state index in [-0.39, 0.29) is 5.04 Å². The maximum absolute atomic E-state index is 6.88. The summed E-state index contributed by atoms with van der Waals surface area (Å²) in [4.78, 5) is 3.45. The second-order valence-corrected chi connectivity index (χ2v) is 13.2. The van der Waals surface area contributed by atoms with E-state index in [9.17, 15) is 0 Å². The van der Waals surface area contributed by atoms with Gasteiger partial charge >= 0.3 is 6.86 Å². The molecule has 0 heterocycles. The molecule has 1 atom stereocenters. The van der Waals surface area contributed by atoms with Gasteiger partial charge < -0.3 is 4.98 Å². The molecule has 0 saturated carbocycles. The molecule has 1 aromatic carbocycles. The van der Waals surface area contributed by atoms with E-state index in [0.29, 0.717) is 0 Å². The normalized spacial score (nSPS) is 21.6. The van der Waals surface area contributed by atoms with Crippen LogP contribution in [-0.4, -0.2) is 6.86 Å². The lowest BCUT2D eigenvalue weighted by Gasteiger charge is -2.36. The van der Waals surface area contributed by atoms with Gasteiger partial charge in [-0.15, -0.1) is 22.2 Å². The van der Waals surface area contributed by atoms with E-state index in [1.54, 1.807) is 0 Å². The van der Waals surface area contributed by atoms with Crippen LogP contribution in [0.2, 0.25) is 5.04 Å². The van der Waals surface area contributed by atoms with Crippen LogP contribution in [0.3, 0.4) is 0 Å². The fourth-order valence-electron chi connectivity index (χ4n) is 3.11. The van der Waals surface area contributed by atoms with E-state index < -0.39 is 6.86 Å². The van der Waals surface area contributed by atoms with E-state index in [1.807, 2.05) is 0 Å². The largest absolute Gasteiger partial charge is 0.386 e. The van der Waals surface area contributed by atoms with Crippen molar-refractivity contribution in [3.8, 4) is 0 Å². The summed E-state index contributed by atoms with van der Waals surface area (Å²) in [6.07, 6.45) is 5.80. The molecular weight excluding hydrogens is 341 g/mol. The smallest absolute Gasteiger partial charge is 0.364 e. The SMILES string of the molecule is CCCCc1ccc(N[Si](Cl)(Cl)C2(C)C=C(C)C(C)=C2C)cc1. The highest BCUT2D eigenvalue weighted by Gasteiger charge is 2.52. The number of anilines is 1. The fraction of sp³-hybridized carbons (Fsp3) is 0.474. The molecule has 2 rings (SSSR count). The predicted octanol–water partition coefficient (Wildman–Crippen LogP) is 6.91. The van der Waals surface area contributed by atoms with Gasteiger partial charge in [-0.2, -0.15) is 0 Å². The van der Waals surface area contributed by atoms with Crippen molar-refractivity contribution in [2.75, 3.05) is 4.98 Å². The van der Waals surface area contributed by atoms with Gasteiger partial charge in [-0.3, -0.25) is 0 Å². The number of aryl methyl sites for hydroxylation is 1. The molecule has 0 bridgehead atoms. The third kappa shape index (κ3) is 3.70. The molecule has 1 aliphatic rings. The van der Waals surface area contributed by atoms with E-state index in [1.165, 1.54) is 35.1 Å². The molecule has 0 saturated heterocycles. The van der Waals surface area contributed by atoms with Crippen LogP contribution in [0.15, 0.2) is 47.1 Å². The molecule has 0 aliphatic heterocycles. The molecule has 126 valence electrons. The summed E-state index contributed by atoms with van der Waals surface area (Å²) in [6.45, 7) is 8.02. The van der Waals surface area contributed by atoms with Gasteiger partial charge in [0.2, 0.25) is 0 Å². The first-order chi connectivity index (χ1) is 10.7. The Morgan fingerprint density at radius 1 is 1.09 bits per heavy atom. The molecule has 0 aromatic heterocycles. The van der Waals surface area contributed by atoms with Crippen LogP contribution in [0, 0.1) is 0 Å². The van der Waals surface area contributed by atoms with Crippen molar-refractivity contribution in [3.05, 3.63) is 52.6 Å². The summed E-state index contributed by atoms with van der Waals surface area (Å²) >= 11 is 13.8. The molecule has 0 fully saturated rings. The Balaban J connectivity index is 2.19. The first kappa shape index (κ1) is 18.6. The molecule has 23 heavy (non-hydrogen) atoms. The van der Waals surface area contributed by atoms with Crippen LogP contribution in [0.4, 0.5) is 5.69 Å². The van der Waals surface area contributed by atoms with Gasteiger partial charge in [0.25, 0.3) is 0 Å². The minimum atomic E-state index is -2.76. The molecule has 1 unspecified atom stereocenters. The number of benzene rings is 1. The van der Waals surface area contributed by atoms with Crippen LogP contribution in [0.5, 0.6) is 0 Å². The third-order valence-corrected chi connectivity index (χ3v) is 10.5. The zero-order chi connectivity index (χ0) is 17.3. The third-order valence-electron chi connectivity index (χ3n) is 5.16. The first-order valence-corrected chi connectivity index (χ1v) is 12.4. The molecule has 4 heteroatoms. The number of hydrogen-bond acceptors (Lipinski definition) is 1. The van der Waals surface area contributed by atoms with Crippen LogP contribution in [0.25, 0.3) is 0 Å². The van der Waals surface area contributed by atoms with Gasteiger partial charge in [0.15, 0.2) is 0 Å². The summed E-state index contributed by atoms with van der Waals surface area (Å²) in [6, 6.07) is 8.53.